The Morgan fingerprint density at radius 3 is 2.88 bits per heavy atom. The number of nitrogens with zero attached hydrogens (tertiary/aromatic N) is 4. The van der Waals surface area contributed by atoms with Crippen LogP contribution in [0.15, 0.2) is 11.2 Å². The molecule has 2 N–H and O–H groups in total. The molecule has 1 aromatic rings. The summed E-state index contributed by atoms with van der Waals surface area (Å²) in [4.78, 5) is 49.5. The number of rotatable bonds is 7. The molecule has 11 heteroatoms. The van der Waals surface area contributed by atoms with Crippen LogP contribution in [0.3, 0.4) is 0 Å². The number of hydrogen-bond acceptors (Lipinski definition) is 7. The molecule has 2 aliphatic rings. The van der Waals surface area contributed by atoms with Crippen molar-refractivity contribution in [2.24, 2.45) is 0 Å². The summed E-state index contributed by atoms with van der Waals surface area (Å²) in [6.07, 6.45) is 3.87. The molecule has 0 bridgehead atoms. The minimum Gasteiger partial charge on any atom is -0.354 e. The van der Waals surface area contributed by atoms with E-state index in [4.69, 9.17) is 11.6 Å². The van der Waals surface area contributed by atoms with Crippen LogP contribution in [0, 0.1) is 0 Å². The molecule has 9 nitrogen and oxygen atoms in total. The van der Waals surface area contributed by atoms with Gasteiger partial charge in [0.2, 0.25) is 17.7 Å². The number of hydrogen-bond donors (Lipinski definition) is 2. The van der Waals surface area contributed by atoms with Gasteiger partial charge in [-0.3, -0.25) is 14.4 Å². The van der Waals surface area contributed by atoms with E-state index in [2.05, 4.69) is 25.5 Å². The number of aromatic nitrogens is 2. The van der Waals surface area contributed by atoms with Crippen molar-refractivity contribution in [3.8, 4) is 0 Å². The topological polar surface area (TPSA) is 108 Å². The third-order valence-electron chi connectivity index (χ3n) is 5.60. The Balaban J connectivity index is 1.57. The highest BCUT2D eigenvalue weighted by molar-refractivity contribution is 7.99. The van der Waals surface area contributed by atoms with Crippen LogP contribution in [0.4, 0.5) is 5.82 Å². The van der Waals surface area contributed by atoms with Crippen molar-refractivity contribution in [2.75, 3.05) is 36.8 Å². The average Bonchev–Trinajstić information content (AvgIpc) is 2.96. The van der Waals surface area contributed by atoms with E-state index in [1.807, 2.05) is 18.7 Å². The molecule has 0 aromatic carbocycles. The molecule has 2 saturated heterocycles. The highest BCUT2D eigenvalue weighted by atomic mass is 35.5. The van der Waals surface area contributed by atoms with E-state index in [0.29, 0.717) is 55.1 Å². The van der Waals surface area contributed by atoms with Crippen LogP contribution in [-0.2, 0) is 14.4 Å². The number of nitrogens with one attached hydrogen (secondary N) is 2. The number of halogens is 1. The molecule has 32 heavy (non-hydrogen) atoms. The Bertz CT molecular complexity index is 842. The number of piperazine rings is 1. The zero-order valence-corrected chi connectivity index (χ0v) is 20.2. The van der Waals surface area contributed by atoms with Gasteiger partial charge < -0.3 is 20.4 Å². The third kappa shape index (κ3) is 6.71. The monoisotopic (exact) mass is 482 g/mol. The molecule has 176 valence electrons. The molecule has 0 aliphatic carbocycles. The second-order valence-corrected chi connectivity index (χ2v) is 9.49. The van der Waals surface area contributed by atoms with Crippen LogP contribution < -0.4 is 15.5 Å². The van der Waals surface area contributed by atoms with Crippen LogP contribution in [0.25, 0.3) is 0 Å². The van der Waals surface area contributed by atoms with E-state index in [1.165, 1.54) is 11.8 Å². The predicted molar refractivity (Wildman–Crippen MR) is 125 cm³/mol. The van der Waals surface area contributed by atoms with Crippen LogP contribution >= 0.6 is 23.4 Å². The van der Waals surface area contributed by atoms with E-state index >= 15 is 0 Å². The Hall–Kier alpha value is -2.07. The number of thioether (sulfide) groups is 1. The van der Waals surface area contributed by atoms with E-state index < -0.39 is 6.04 Å². The normalized spacial score (nSPS) is 21.7. The van der Waals surface area contributed by atoms with Gasteiger partial charge in [-0.15, -0.1) is 0 Å². The SMILES string of the molecule is CCCC(=O)N1CCN(c2cc(Cl)nc(SCC(=O)NC3CCCCNC3=O)n2)CC1C. The summed E-state index contributed by atoms with van der Waals surface area (Å²) in [5.41, 5.74) is 0. The Labute approximate surface area is 198 Å². The summed E-state index contributed by atoms with van der Waals surface area (Å²) < 4.78 is 0. The molecule has 0 saturated carbocycles. The Kier molecular flexibility index (Phi) is 8.98. The molecular formula is C21H31ClN6O3S. The summed E-state index contributed by atoms with van der Waals surface area (Å²) in [6, 6.07) is 1.29. The Morgan fingerprint density at radius 1 is 1.31 bits per heavy atom. The van der Waals surface area contributed by atoms with Gasteiger partial charge >= 0.3 is 0 Å². The molecule has 0 radical (unpaired) electrons. The second-order valence-electron chi connectivity index (χ2n) is 8.16. The lowest BCUT2D eigenvalue weighted by molar-refractivity contribution is -0.133. The maximum Gasteiger partial charge on any atom is 0.242 e. The van der Waals surface area contributed by atoms with Crippen LogP contribution in [0.1, 0.15) is 46.0 Å². The van der Waals surface area contributed by atoms with Crippen LogP contribution in [0.5, 0.6) is 0 Å². The number of carbonyl (C=O) groups excluding carboxylic acids is 3. The second kappa shape index (κ2) is 11.7. The van der Waals surface area contributed by atoms with Gasteiger partial charge in [-0.2, -0.15) is 0 Å². The molecule has 3 rings (SSSR count). The standard InChI is InChI=1S/C21H31ClN6O3S/c1-3-6-19(30)28-10-9-27(12-14(28)2)17-11-16(22)25-21(26-17)32-13-18(29)24-15-7-4-5-8-23-20(15)31/h11,14-15H,3-10,12-13H2,1-2H3,(H,23,31)(H,24,29). The van der Waals surface area contributed by atoms with E-state index in [-0.39, 0.29) is 29.5 Å². The average molecular weight is 483 g/mol. The number of anilines is 1. The molecule has 3 heterocycles. The number of carbonyl (C=O) groups is 3. The van der Waals surface area contributed by atoms with Crippen molar-refractivity contribution in [1.82, 2.24) is 25.5 Å². The lowest BCUT2D eigenvalue weighted by atomic mass is 10.1. The predicted octanol–water partition coefficient (Wildman–Crippen LogP) is 1.84. The van der Waals surface area contributed by atoms with Crippen molar-refractivity contribution in [2.45, 2.75) is 63.2 Å². The zero-order chi connectivity index (χ0) is 23.1. The lowest BCUT2D eigenvalue weighted by Crippen LogP contribution is -2.54. The van der Waals surface area contributed by atoms with E-state index in [1.54, 1.807) is 6.07 Å². The van der Waals surface area contributed by atoms with Crippen molar-refractivity contribution in [3.05, 3.63) is 11.2 Å². The smallest absolute Gasteiger partial charge is 0.242 e. The Morgan fingerprint density at radius 2 is 2.12 bits per heavy atom. The molecule has 2 unspecified atom stereocenters. The van der Waals surface area contributed by atoms with Gasteiger partial charge in [0, 0.05) is 44.7 Å². The maximum absolute atomic E-state index is 12.4. The minimum atomic E-state index is -0.491. The van der Waals surface area contributed by atoms with E-state index in [9.17, 15) is 14.4 Å². The lowest BCUT2D eigenvalue weighted by Gasteiger charge is -2.40. The van der Waals surface area contributed by atoms with Crippen molar-refractivity contribution >= 4 is 46.9 Å². The molecule has 3 amide bonds. The van der Waals surface area contributed by atoms with Gasteiger partial charge in [0.05, 0.1) is 5.75 Å². The molecule has 2 atom stereocenters. The van der Waals surface area contributed by atoms with Crippen molar-refractivity contribution < 1.29 is 14.4 Å². The fourth-order valence-corrected chi connectivity index (χ4v) is 4.84. The fraction of sp³-hybridized carbons (Fsp3) is 0.667. The maximum atomic E-state index is 12.4. The minimum absolute atomic E-state index is 0.0733. The van der Waals surface area contributed by atoms with Gasteiger partial charge in [0.25, 0.3) is 0 Å². The third-order valence-corrected chi connectivity index (χ3v) is 6.64. The summed E-state index contributed by atoms with van der Waals surface area (Å²) in [6.45, 7) is 6.64. The largest absolute Gasteiger partial charge is 0.354 e. The molecule has 2 aliphatic heterocycles. The van der Waals surface area contributed by atoms with Crippen molar-refractivity contribution in [1.29, 1.82) is 0 Å². The fourth-order valence-electron chi connectivity index (χ4n) is 3.95. The summed E-state index contributed by atoms with van der Waals surface area (Å²) in [5.74, 6) is 0.598. The first-order valence-electron chi connectivity index (χ1n) is 11.2. The van der Waals surface area contributed by atoms with Crippen LogP contribution in [0.2, 0.25) is 5.15 Å². The summed E-state index contributed by atoms with van der Waals surface area (Å²) in [7, 11) is 0. The van der Waals surface area contributed by atoms with E-state index in [0.717, 1.165) is 19.3 Å². The zero-order valence-electron chi connectivity index (χ0n) is 18.6. The van der Waals surface area contributed by atoms with Gasteiger partial charge in [0.1, 0.15) is 17.0 Å². The first-order valence-corrected chi connectivity index (χ1v) is 12.5. The number of amides is 3. The first-order chi connectivity index (χ1) is 15.4. The highest BCUT2D eigenvalue weighted by Gasteiger charge is 2.28. The van der Waals surface area contributed by atoms with Crippen LogP contribution in [-0.4, -0.2) is 76.6 Å². The molecule has 0 spiro atoms. The highest BCUT2D eigenvalue weighted by Crippen LogP contribution is 2.24. The summed E-state index contributed by atoms with van der Waals surface area (Å²) in [5, 5.41) is 6.32. The molecular weight excluding hydrogens is 452 g/mol. The quantitative estimate of drug-likeness (QED) is 0.347. The van der Waals surface area contributed by atoms with Gasteiger partial charge in [-0.05, 0) is 32.6 Å². The molecule has 1 aromatic heterocycles. The van der Waals surface area contributed by atoms with Crippen molar-refractivity contribution in [3.63, 3.8) is 0 Å². The van der Waals surface area contributed by atoms with Gasteiger partial charge in [-0.25, -0.2) is 9.97 Å². The van der Waals surface area contributed by atoms with Gasteiger partial charge in [-0.1, -0.05) is 30.3 Å². The first kappa shape index (κ1) is 24.6. The molecule has 2 fully saturated rings. The van der Waals surface area contributed by atoms with Gasteiger partial charge in [0.15, 0.2) is 5.16 Å². The summed E-state index contributed by atoms with van der Waals surface area (Å²) >= 11 is 7.41.